The van der Waals surface area contributed by atoms with Gasteiger partial charge < -0.3 is 10.8 Å². The third-order valence-electron chi connectivity index (χ3n) is 2.88. The Morgan fingerprint density at radius 1 is 0.714 bits per heavy atom. The molecule has 2 aromatic carbocycles. The Morgan fingerprint density at radius 2 is 1.04 bits per heavy atom. The number of carboxylic acid groups (broad SMARTS) is 1. The maximum atomic E-state index is 13.0. The molecule has 0 aliphatic carbocycles. The van der Waals surface area contributed by atoms with Crippen LogP contribution >= 0.6 is 55.1 Å². The molecule has 2 aromatic rings. The van der Waals surface area contributed by atoms with Crippen molar-refractivity contribution in [2.45, 2.75) is 0 Å². The van der Waals surface area contributed by atoms with E-state index in [1.165, 1.54) is 0 Å². The summed E-state index contributed by atoms with van der Waals surface area (Å²) in [7, 11) is 0. The highest BCUT2D eigenvalue weighted by molar-refractivity contribution is 9.10. The first-order valence-corrected chi connectivity index (χ1v) is 8.65. The molecule has 2 rings (SSSR count). The number of nitrogens with two attached hydrogens (primary N) is 1. The number of rotatable bonds is 2. The van der Waals surface area contributed by atoms with E-state index in [1.807, 2.05) is 0 Å². The van der Waals surface area contributed by atoms with Crippen LogP contribution in [-0.4, -0.2) is 17.0 Å². The van der Waals surface area contributed by atoms with Gasteiger partial charge in [-0.25, -0.2) is 31.1 Å². The van der Waals surface area contributed by atoms with Crippen LogP contribution in [0, 0.1) is 34.9 Å². The van der Waals surface area contributed by atoms with Gasteiger partial charge in [0.15, 0.2) is 34.9 Å². The molecule has 14 heteroatoms. The van der Waals surface area contributed by atoms with Crippen molar-refractivity contribution in [2.75, 3.05) is 0 Å². The third-order valence-corrected chi connectivity index (χ3v) is 5.03. The van der Waals surface area contributed by atoms with Gasteiger partial charge in [-0.15, -0.1) is 0 Å². The average molecular weight is 578 g/mol. The Bertz CT molecular complexity index is 869. The maximum absolute atomic E-state index is 13.0. The van der Waals surface area contributed by atoms with Crippen LogP contribution in [0.15, 0.2) is 8.95 Å². The van der Waals surface area contributed by atoms with Gasteiger partial charge in [-0.3, -0.25) is 4.79 Å². The van der Waals surface area contributed by atoms with Crippen molar-refractivity contribution in [1.29, 1.82) is 0 Å². The van der Waals surface area contributed by atoms with Gasteiger partial charge in [-0.2, -0.15) is 0 Å². The highest BCUT2D eigenvalue weighted by Crippen LogP contribution is 2.33. The Balaban J connectivity index is 0.000000280. The van der Waals surface area contributed by atoms with Crippen molar-refractivity contribution in [2.24, 2.45) is 5.73 Å². The molecule has 0 aliphatic heterocycles. The van der Waals surface area contributed by atoms with E-state index in [0.29, 0.717) is 0 Å². The van der Waals surface area contributed by atoms with Gasteiger partial charge in [-0.1, -0.05) is 23.2 Å². The smallest absolute Gasteiger partial charge is 0.340 e. The standard InChI is InChI=1S/C7H2BrClF3NO.C7HBrClF3O2/c2*8-2-1(7(13)14)4(10)6(12)3(9)5(2)11/h(H2,13,14);(H,13,14). The molecular formula is C14H3Br2Cl2F6NO3. The van der Waals surface area contributed by atoms with E-state index < -0.39 is 76.9 Å². The minimum Gasteiger partial charge on any atom is -0.478 e. The lowest BCUT2D eigenvalue weighted by molar-refractivity contribution is 0.0688. The molecule has 28 heavy (non-hydrogen) atoms. The van der Waals surface area contributed by atoms with Gasteiger partial charge in [0, 0.05) is 0 Å². The van der Waals surface area contributed by atoms with E-state index in [4.69, 9.17) is 34.0 Å². The average Bonchev–Trinajstić information content (AvgIpc) is 2.61. The molecule has 0 saturated heterocycles. The van der Waals surface area contributed by atoms with Crippen molar-refractivity contribution in [3.8, 4) is 0 Å². The van der Waals surface area contributed by atoms with Gasteiger partial charge in [0.25, 0.3) is 5.91 Å². The molecule has 0 bridgehead atoms. The van der Waals surface area contributed by atoms with Crippen LogP contribution in [0.2, 0.25) is 10.0 Å². The number of amides is 1. The molecule has 0 radical (unpaired) electrons. The third kappa shape index (κ3) is 4.56. The van der Waals surface area contributed by atoms with E-state index in [-0.39, 0.29) is 0 Å². The van der Waals surface area contributed by atoms with E-state index in [2.05, 4.69) is 31.9 Å². The highest BCUT2D eigenvalue weighted by atomic mass is 79.9. The van der Waals surface area contributed by atoms with Crippen molar-refractivity contribution in [3.63, 3.8) is 0 Å². The van der Waals surface area contributed by atoms with Crippen LogP contribution in [0.25, 0.3) is 0 Å². The summed E-state index contributed by atoms with van der Waals surface area (Å²) in [6, 6.07) is 0. The fraction of sp³-hybridized carbons (Fsp3) is 0. The lowest BCUT2D eigenvalue weighted by Gasteiger charge is -2.06. The Labute approximate surface area is 178 Å². The van der Waals surface area contributed by atoms with Crippen molar-refractivity contribution < 1.29 is 41.0 Å². The number of carbonyl (C=O) groups excluding carboxylic acids is 1. The van der Waals surface area contributed by atoms with Crippen LogP contribution < -0.4 is 5.73 Å². The number of hydrogen-bond donors (Lipinski definition) is 2. The Kier molecular flexibility index (Phi) is 8.18. The Morgan fingerprint density at radius 3 is 1.36 bits per heavy atom. The molecule has 0 atom stereocenters. The van der Waals surface area contributed by atoms with Crippen LogP contribution in [0.3, 0.4) is 0 Å². The summed E-state index contributed by atoms with van der Waals surface area (Å²) in [5.74, 6) is -12.3. The van der Waals surface area contributed by atoms with Crippen molar-refractivity contribution >= 4 is 66.9 Å². The van der Waals surface area contributed by atoms with Crippen LogP contribution in [0.5, 0.6) is 0 Å². The van der Waals surface area contributed by atoms with Crippen LogP contribution in [0.1, 0.15) is 20.7 Å². The summed E-state index contributed by atoms with van der Waals surface area (Å²) in [5, 5.41) is 6.33. The predicted molar refractivity (Wildman–Crippen MR) is 93.5 cm³/mol. The summed E-state index contributed by atoms with van der Waals surface area (Å²) in [6.45, 7) is 0. The Hall–Kier alpha value is -1.50. The summed E-state index contributed by atoms with van der Waals surface area (Å²) >= 11 is 15.2. The summed E-state index contributed by atoms with van der Waals surface area (Å²) in [4.78, 5) is 21.0. The normalized spacial score (nSPS) is 10.4. The molecule has 4 nitrogen and oxygen atoms in total. The number of carbonyl (C=O) groups is 2. The molecule has 3 N–H and O–H groups in total. The lowest BCUT2D eigenvalue weighted by atomic mass is 10.2. The van der Waals surface area contributed by atoms with Crippen molar-refractivity contribution in [1.82, 2.24) is 0 Å². The number of primary amides is 1. The zero-order valence-corrected chi connectivity index (χ0v) is 17.3. The summed E-state index contributed by atoms with van der Waals surface area (Å²) in [5.41, 5.74) is 2.70. The topological polar surface area (TPSA) is 80.4 Å². The number of aromatic carboxylic acids is 1. The van der Waals surface area contributed by atoms with E-state index in [1.54, 1.807) is 0 Å². The zero-order chi connectivity index (χ0) is 22.1. The van der Waals surface area contributed by atoms with Crippen LogP contribution in [0.4, 0.5) is 26.3 Å². The quantitative estimate of drug-likeness (QED) is 0.268. The SMILES string of the molecule is NC(=O)c1c(F)c(F)c(Cl)c(F)c1Br.O=C(O)c1c(F)c(F)c(Cl)c(F)c1Br. The second-order valence-electron chi connectivity index (χ2n) is 4.56. The van der Waals surface area contributed by atoms with Gasteiger partial charge in [0.1, 0.15) is 15.6 Å². The van der Waals surface area contributed by atoms with Gasteiger partial charge in [0.05, 0.1) is 14.5 Å². The molecule has 0 saturated carbocycles. The fourth-order valence-electron chi connectivity index (χ4n) is 1.61. The first-order chi connectivity index (χ1) is 12.7. The molecule has 0 aliphatic rings. The molecule has 0 fully saturated rings. The largest absolute Gasteiger partial charge is 0.478 e. The molecule has 152 valence electrons. The van der Waals surface area contributed by atoms with Crippen LogP contribution in [-0.2, 0) is 0 Å². The molecule has 0 aromatic heterocycles. The number of carboxylic acids is 1. The maximum Gasteiger partial charge on any atom is 0.340 e. The number of hydrogen-bond acceptors (Lipinski definition) is 2. The highest BCUT2D eigenvalue weighted by Gasteiger charge is 2.27. The van der Waals surface area contributed by atoms with E-state index in [9.17, 15) is 35.9 Å². The van der Waals surface area contributed by atoms with E-state index in [0.717, 1.165) is 0 Å². The summed E-state index contributed by atoms with van der Waals surface area (Å²) in [6.07, 6.45) is 0. The monoisotopic (exact) mass is 575 g/mol. The minimum absolute atomic E-state index is 0.589. The molecule has 0 unspecified atom stereocenters. The lowest BCUT2D eigenvalue weighted by Crippen LogP contribution is -2.16. The second-order valence-corrected chi connectivity index (χ2v) is 6.90. The zero-order valence-electron chi connectivity index (χ0n) is 12.6. The molecule has 0 spiro atoms. The number of benzene rings is 2. The van der Waals surface area contributed by atoms with E-state index >= 15 is 0 Å². The minimum atomic E-state index is -1.79. The molecular weight excluding hydrogens is 575 g/mol. The van der Waals surface area contributed by atoms with Gasteiger partial charge >= 0.3 is 5.97 Å². The number of halogens is 10. The van der Waals surface area contributed by atoms with Crippen molar-refractivity contribution in [3.05, 3.63) is 65.0 Å². The second kappa shape index (κ2) is 9.33. The predicted octanol–water partition coefficient (Wildman–Crippen LogP) is 5.84. The fourth-order valence-corrected chi connectivity index (χ4v) is 3.31. The molecule has 0 heterocycles. The molecule has 1 amide bonds. The van der Waals surface area contributed by atoms with Gasteiger partial charge in [-0.05, 0) is 31.9 Å². The summed E-state index contributed by atoms with van der Waals surface area (Å²) < 4.78 is 76.1. The first-order valence-electron chi connectivity index (χ1n) is 6.31. The first kappa shape index (κ1) is 24.5. The van der Waals surface area contributed by atoms with Gasteiger partial charge in [0.2, 0.25) is 0 Å².